The number of imidazole rings is 1. The molecule has 1 heterocycles. The second-order valence-corrected chi connectivity index (χ2v) is 7.43. The van der Waals surface area contributed by atoms with Crippen LogP contribution in [0.4, 0.5) is 4.79 Å². The fourth-order valence-corrected chi connectivity index (χ4v) is 2.65. The lowest BCUT2D eigenvalue weighted by Crippen LogP contribution is -2.33. The van der Waals surface area contributed by atoms with E-state index in [-0.39, 0.29) is 6.09 Å². The summed E-state index contributed by atoms with van der Waals surface area (Å²) >= 11 is 0. The molecule has 1 fully saturated rings. The fourth-order valence-electron chi connectivity index (χ4n) is 2.65. The lowest BCUT2D eigenvalue weighted by Gasteiger charge is -2.20. The van der Waals surface area contributed by atoms with E-state index in [9.17, 15) is 4.79 Å². The van der Waals surface area contributed by atoms with Gasteiger partial charge in [0, 0.05) is 45.1 Å². The van der Waals surface area contributed by atoms with Crippen molar-refractivity contribution in [2.45, 2.75) is 58.6 Å². The average Bonchev–Trinajstić information content (AvgIpc) is 3.07. The van der Waals surface area contributed by atoms with E-state index in [1.54, 1.807) is 7.11 Å². The molecule has 23 heavy (non-hydrogen) atoms. The van der Waals surface area contributed by atoms with Crippen molar-refractivity contribution in [3.8, 4) is 0 Å². The molecule has 1 aliphatic rings. The molecular weight excluding hydrogens is 294 g/mol. The lowest BCUT2D eigenvalue weighted by molar-refractivity contribution is 0.0528. The van der Waals surface area contributed by atoms with Crippen LogP contribution in [0.5, 0.6) is 0 Å². The van der Waals surface area contributed by atoms with E-state index in [1.165, 1.54) is 12.8 Å². The van der Waals surface area contributed by atoms with Crippen LogP contribution in [-0.2, 0) is 22.4 Å². The minimum absolute atomic E-state index is 0.373. The van der Waals surface area contributed by atoms with Crippen molar-refractivity contribution in [1.82, 2.24) is 14.9 Å². The topological polar surface area (TPSA) is 65.4 Å². The zero-order chi connectivity index (χ0) is 16.9. The minimum atomic E-state index is -0.467. The van der Waals surface area contributed by atoms with E-state index in [0.29, 0.717) is 12.0 Å². The number of aromatic nitrogens is 2. The summed E-state index contributed by atoms with van der Waals surface area (Å²) in [5.74, 6) is 0. The molecule has 1 N–H and O–H groups in total. The van der Waals surface area contributed by atoms with Crippen LogP contribution in [0.2, 0.25) is 0 Å². The van der Waals surface area contributed by atoms with Crippen LogP contribution >= 0.6 is 0 Å². The first-order valence-electron chi connectivity index (χ1n) is 8.28. The highest BCUT2D eigenvalue weighted by atomic mass is 16.6. The Morgan fingerprint density at radius 3 is 2.78 bits per heavy atom. The van der Waals surface area contributed by atoms with Gasteiger partial charge in [0.25, 0.3) is 0 Å². The third kappa shape index (κ3) is 5.86. The Hall–Kier alpha value is -1.56. The van der Waals surface area contributed by atoms with Crippen molar-refractivity contribution in [3.63, 3.8) is 0 Å². The molecule has 0 atom stereocenters. The van der Waals surface area contributed by atoms with Crippen LogP contribution in [0.15, 0.2) is 12.5 Å². The molecule has 6 nitrogen and oxygen atoms in total. The van der Waals surface area contributed by atoms with Gasteiger partial charge in [-0.15, -0.1) is 0 Å². The number of amides is 1. The van der Waals surface area contributed by atoms with E-state index in [0.717, 1.165) is 31.7 Å². The van der Waals surface area contributed by atoms with Crippen molar-refractivity contribution < 1.29 is 14.3 Å². The Kier molecular flexibility index (Phi) is 5.68. The molecular formula is C17H29N3O3. The molecule has 1 saturated carbocycles. The van der Waals surface area contributed by atoms with Crippen LogP contribution in [0.1, 0.15) is 45.7 Å². The number of hydrogen-bond donors (Lipinski definition) is 1. The first-order valence-corrected chi connectivity index (χ1v) is 8.28. The standard InChI is InChI=1S/C17H29N3O3/c1-16(2,3)23-15(21)19-9-5-14-11-18-13-20(14)12-17(6-7-17)8-10-22-4/h11,13H,5-10,12H2,1-4H3,(H,19,21). The first-order chi connectivity index (χ1) is 10.8. The van der Waals surface area contributed by atoms with E-state index < -0.39 is 5.60 Å². The number of methoxy groups -OCH3 is 1. The Bertz CT molecular complexity index is 515. The molecule has 1 aromatic heterocycles. The van der Waals surface area contributed by atoms with Gasteiger partial charge in [-0.25, -0.2) is 9.78 Å². The second kappa shape index (κ2) is 7.34. The summed E-state index contributed by atoms with van der Waals surface area (Å²) in [5.41, 5.74) is 1.06. The number of carbonyl (C=O) groups is 1. The SMILES string of the molecule is COCCC1(Cn2cncc2CCNC(=O)OC(C)(C)C)CC1. The van der Waals surface area contributed by atoms with Gasteiger partial charge in [0.05, 0.1) is 6.33 Å². The summed E-state index contributed by atoms with van der Waals surface area (Å²) in [7, 11) is 1.75. The van der Waals surface area contributed by atoms with Gasteiger partial charge < -0.3 is 19.4 Å². The van der Waals surface area contributed by atoms with Gasteiger partial charge in [-0.05, 0) is 45.4 Å². The van der Waals surface area contributed by atoms with Crippen molar-refractivity contribution in [2.75, 3.05) is 20.3 Å². The third-order valence-corrected chi connectivity index (χ3v) is 4.15. The predicted molar refractivity (Wildman–Crippen MR) is 88.3 cm³/mol. The molecule has 0 unspecified atom stereocenters. The smallest absolute Gasteiger partial charge is 0.407 e. The number of nitrogens with zero attached hydrogens (tertiary/aromatic N) is 2. The van der Waals surface area contributed by atoms with Gasteiger partial charge in [0.15, 0.2) is 0 Å². The first kappa shape index (κ1) is 17.8. The van der Waals surface area contributed by atoms with Gasteiger partial charge in [-0.3, -0.25) is 0 Å². The highest BCUT2D eigenvalue weighted by Gasteiger charge is 2.42. The number of alkyl carbamates (subject to hydrolysis) is 1. The van der Waals surface area contributed by atoms with Crippen LogP contribution in [-0.4, -0.2) is 41.5 Å². The summed E-state index contributed by atoms with van der Waals surface area (Å²) in [6.07, 6.45) is 7.74. The van der Waals surface area contributed by atoms with E-state index in [1.807, 2.05) is 33.3 Å². The summed E-state index contributed by atoms with van der Waals surface area (Å²) in [5, 5.41) is 2.80. The maximum Gasteiger partial charge on any atom is 0.407 e. The van der Waals surface area contributed by atoms with Gasteiger partial charge >= 0.3 is 6.09 Å². The third-order valence-electron chi connectivity index (χ3n) is 4.15. The van der Waals surface area contributed by atoms with Gasteiger partial charge in [0.2, 0.25) is 0 Å². The largest absolute Gasteiger partial charge is 0.444 e. The monoisotopic (exact) mass is 323 g/mol. The Morgan fingerprint density at radius 1 is 1.43 bits per heavy atom. The maximum absolute atomic E-state index is 11.7. The van der Waals surface area contributed by atoms with Crippen LogP contribution in [0.3, 0.4) is 0 Å². The molecule has 0 radical (unpaired) electrons. The van der Waals surface area contributed by atoms with Gasteiger partial charge in [-0.1, -0.05) is 0 Å². The highest BCUT2D eigenvalue weighted by Crippen LogP contribution is 2.50. The van der Waals surface area contributed by atoms with Crippen molar-refractivity contribution in [1.29, 1.82) is 0 Å². The number of carbonyl (C=O) groups excluding carboxylic acids is 1. The molecule has 1 aromatic rings. The second-order valence-electron chi connectivity index (χ2n) is 7.43. The molecule has 0 aromatic carbocycles. The summed E-state index contributed by atoms with van der Waals surface area (Å²) in [6, 6.07) is 0. The van der Waals surface area contributed by atoms with E-state index in [4.69, 9.17) is 9.47 Å². The number of hydrogen-bond acceptors (Lipinski definition) is 4. The summed E-state index contributed by atoms with van der Waals surface area (Å²) in [4.78, 5) is 15.9. The Labute approximate surface area is 138 Å². The quantitative estimate of drug-likeness (QED) is 0.799. The van der Waals surface area contributed by atoms with E-state index in [2.05, 4.69) is 14.9 Å². The zero-order valence-electron chi connectivity index (χ0n) is 14.7. The van der Waals surface area contributed by atoms with Crippen molar-refractivity contribution in [3.05, 3.63) is 18.2 Å². The summed E-state index contributed by atoms with van der Waals surface area (Å²) in [6.45, 7) is 7.91. The van der Waals surface area contributed by atoms with Crippen LogP contribution in [0.25, 0.3) is 0 Å². The van der Waals surface area contributed by atoms with Crippen molar-refractivity contribution in [2.24, 2.45) is 5.41 Å². The van der Waals surface area contributed by atoms with Crippen LogP contribution in [0, 0.1) is 5.41 Å². The fraction of sp³-hybridized carbons (Fsp3) is 0.765. The highest BCUT2D eigenvalue weighted by molar-refractivity contribution is 5.67. The molecule has 0 aliphatic heterocycles. The molecule has 0 bridgehead atoms. The van der Waals surface area contributed by atoms with Gasteiger partial charge in [-0.2, -0.15) is 0 Å². The molecule has 6 heteroatoms. The Morgan fingerprint density at radius 2 is 2.17 bits per heavy atom. The number of rotatable bonds is 8. The molecule has 1 aliphatic carbocycles. The minimum Gasteiger partial charge on any atom is -0.444 e. The Balaban J connectivity index is 1.79. The molecule has 0 saturated heterocycles. The average molecular weight is 323 g/mol. The molecule has 1 amide bonds. The summed E-state index contributed by atoms with van der Waals surface area (Å²) < 4.78 is 12.7. The number of ether oxygens (including phenoxy) is 2. The number of nitrogens with one attached hydrogen (secondary N) is 1. The lowest BCUT2D eigenvalue weighted by atomic mass is 10.0. The predicted octanol–water partition coefficient (Wildman–Crippen LogP) is 2.77. The molecule has 0 spiro atoms. The van der Waals surface area contributed by atoms with Gasteiger partial charge in [0.1, 0.15) is 5.60 Å². The maximum atomic E-state index is 11.7. The zero-order valence-corrected chi connectivity index (χ0v) is 14.7. The molecule has 130 valence electrons. The van der Waals surface area contributed by atoms with Crippen LogP contribution < -0.4 is 5.32 Å². The van der Waals surface area contributed by atoms with E-state index >= 15 is 0 Å². The molecule has 2 rings (SSSR count). The normalized spacial score (nSPS) is 16.2. The van der Waals surface area contributed by atoms with Crippen molar-refractivity contribution >= 4 is 6.09 Å².